The molecule has 0 aliphatic carbocycles. The average molecular weight is 342 g/mol. The van der Waals surface area contributed by atoms with Gasteiger partial charge in [0.2, 0.25) is 5.91 Å². The first-order valence-corrected chi connectivity index (χ1v) is 9.05. The minimum atomic E-state index is -0.0226. The maximum atomic E-state index is 12.9. The van der Waals surface area contributed by atoms with Gasteiger partial charge in [-0.25, -0.2) is 9.97 Å². The fourth-order valence-corrected chi connectivity index (χ4v) is 3.97. The Hall–Kier alpha value is -2.20. The number of carbonyl (C=O) groups excluding carboxylic acids is 1. The topological polar surface area (TPSA) is 76.4 Å². The molecule has 134 valence electrons. The molecule has 25 heavy (non-hydrogen) atoms. The molecule has 0 aromatic carbocycles. The van der Waals surface area contributed by atoms with E-state index in [0.29, 0.717) is 11.5 Å². The van der Waals surface area contributed by atoms with E-state index in [9.17, 15) is 10.1 Å². The van der Waals surface area contributed by atoms with Gasteiger partial charge in [0.25, 0.3) is 0 Å². The predicted molar refractivity (Wildman–Crippen MR) is 95.0 cm³/mol. The van der Waals surface area contributed by atoms with Crippen LogP contribution in [0.2, 0.25) is 0 Å². The van der Waals surface area contributed by atoms with Gasteiger partial charge in [0.15, 0.2) is 11.5 Å². The highest BCUT2D eigenvalue weighted by molar-refractivity contribution is 5.83. The van der Waals surface area contributed by atoms with Gasteiger partial charge in [0.1, 0.15) is 6.07 Å². The molecular formula is C18H26N6O. The first kappa shape index (κ1) is 17.6. The predicted octanol–water partition coefficient (Wildman–Crippen LogP) is 1.26. The number of nitriles is 1. The summed E-state index contributed by atoms with van der Waals surface area (Å²) in [6, 6.07) is 2.57. The summed E-state index contributed by atoms with van der Waals surface area (Å²) in [6.07, 6.45) is 5.16. The lowest BCUT2D eigenvalue weighted by Gasteiger charge is -2.47. The summed E-state index contributed by atoms with van der Waals surface area (Å²) >= 11 is 0. The minimum absolute atomic E-state index is 0.0226. The highest BCUT2D eigenvalue weighted by atomic mass is 16.2. The molecule has 2 saturated heterocycles. The zero-order valence-corrected chi connectivity index (χ0v) is 15.2. The van der Waals surface area contributed by atoms with Crippen molar-refractivity contribution in [1.82, 2.24) is 19.8 Å². The number of likely N-dealkylation sites (tertiary alicyclic amines) is 1. The van der Waals surface area contributed by atoms with Gasteiger partial charge in [-0.05, 0) is 33.6 Å². The second-order valence-electron chi connectivity index (χ2n) is 7.16. The van der Waals surface area contributed by atoms with E-state index in [1.54, 1.807) is 12.4 Å². The van der Waals surface area contributed by atoms with Crippen LogP contribution in [-0.2, 0) is 4.79 Å². The lowest BCUT2D eigenvalue weighted by molar-refractivity contribution is -0.143. The number of piperazine rings is 1. The van der Waals surface area contributed by atoms with E-state index < -0.39 is 0 Å². The average Bonchev–Trinajstić information content (AvgIpc) is 2.62. The molecule has 1 aromatic rings. The number of anilines is 1. The van der Waals surface area contributed by atoms with Gasteiger partial charge in [-0.3, -0.25) is 9.69 Å². The van der Waals surface area contributed by atoms with Crippen molar-refractivity contribution in [3.8, 4) is 6.07 Å². The molecule has 2 aliphatic heterocycles. The lowest BCUT2D eigenvalue weighted by atomic mass is 9.98. The van der Waals surface area contributed by atoms with Gasteiger partial charge in [-0.15, -0.1) is 0 Å². The normalized spacial score (nSPS) is 25.3. The Balaban J connectivity index is 1.72. The van der Waals surface area contributed by atoms with Crippen LogP contribution in [0.25, 0.3) is 0 Å². The van der Waals surface area contributed by atoms with Gasteiger partial charge in [-0.1, -0.05) is 0 Å². The molecule has 7 nitrogen and oxygen atoms in total. The van der Waals surface area contributed by atoms with Crippen molar-refractivity contribution in [3.05, 3.63) is 18.1 Å². The van der Waals surface area contributed by atoms with Gasteiger partial charge in [-0.2, -0.15) is 5.26 Å². The quantitative estimate of drug-likeness (QED) is 0.823. The number of nitrogens with zero attached hydrogens (tertiary/aromatic N) is 6. The molecule has 0 N–H and O–H groups in total. The Morgan fingerprint density at radius 3 is 2.68 bits per heavy atom. The first-order valence-electron chi connectivity index (χ1n) is 9.05. The molecule has 2 aliphatic rings. The van der Waals surface area contributed by atoms with Crippen molar-refractivity contribution >= 4 is 11.7 Å². The van der Waals surface area contributed by atoms with Crippen LogP contribution in [0.15, 0.2) is 12.4 Å². The number of hydrogen-bond donors (Lipinski definition) is 0. The Morgan fingerprint density at radius 1 is 1.24 bits per heavy atom. The van der Waals surface area contributed by atoms with Gasteiger partial charge in [0, 0.05) is 50.7 Å². The van der Waals surface area contributed by atoms with Crippen molar-refractivity contribution < 1.29 is 4.79 Å². The molecule has 0 spiro atoms. The van der Waals surface area contributed by atoms with Crippen LogP contribution in [-0.4, -0.2) is 70.0 Å². The number of aromatic nitrogens is 2. The summed E-state index contributed by atoms with van der Waals surface area (Å²) in [5.41, 5.74) is 0.364. The molecule has 0 bridgehead atoms. The number of rotatable bonds is 3. The van der Waals surface area contributed by atoms with Gasteiger partial charge >= 0.3 is 0 Å². The number of amides is 1. The largest absolute Gasteiger partial charge is 0.351 e. The zero-order chi connectivity index (χ0) is 18.0. The number of piperidine rings is 1. The van der Waals surface area contributed by atoms with Crippen LogP contribution < -0.4 is 4.90 Å². The third kappa shape index (κ3) is 3.45. The standard InChI is InChI=1S/C18H26N6O/c1-13(2)23-8-4-5-16(18(23)25)24-10-9-22(12-14(24)3)17-15(11-19)20-6-7-21-17/h6-7,13-14,16H,4-5,8-10,12H2,1-3H3/t14-,16+/m1/s1. The van der Waals surface area contributed by atoms with E-state index in [1.165, 1.54) is 0 Å². The van der Waals surface area contributed by atoms with E-state index in [4.69, 9.17) is 0 Å². The molecule has 1 aromatic heterocycles. The molecule has 2 atom stereocenters. The Morgan fingerprint density at radius 2 is 2.00 bits per heavy atom. The summed E-state index contributed by atoms with van der Waals surface area (Å²) in [5.74, 6) is 0.911. The fraction of sp³-hybridized carbons (Fsp3) is 0.667. The van der Waals surface area contributed by atoms with Crippen LogP contribution in [0.1, 0.15) is 39.3 Å². The number of carbonyl (C=O) groups is 1. The maximum absolute atomic E-state index is 12.9. The number of hydrogen-bond acceptors (Lipinski definition) is 6. The Bertz CT molecular complexity index is 670. The second kappa shape index (κ2) is 7.36. The van der Waals surface area contributed by atoms with E-state index in [-0.39, 0.29) is 24.0 Å². The summed E-state index contributed by atoms with van der Waals surface area (Å²) in [7, 11) is 0. The molecule has 7 heteroatoms. The fourth-order valence-electron chi connectivity index (χ4n) is 3.97. The zero-order valence-electron chi connectivity index (χ0n) is 15.2. The SMILES string of the molecule is CC(C)N1CCC[C@H](N2CCN(c3nccnc3C#N)C[C@H]2C)C1=O. The molecule has 3 heterocycles. The van der Waals surface area contributed by atoms with Crippen molar-refractivity contribution in [2.45, 2.75) is 51.7 Å². The molecule has 0 radical (unpaired) electrons. The first-order chi connectivity index (χ1) is 12.0. The molecule has 0 saturated carbocycles. The lowest BCUT2D eigenvalue weighted by Crippen LogP contribution is -2.62. The highest BCUT2D eigenvalue weighted by Gasteiger charge is 2.38. The third-order valence-electron chi connectivity index (χ3n) is 5.23. The van der Waals surface area contributed by atoms with Crippen LogP contribution in [0.3, 0.4) is 0 Å². The molecule has 1 amide bonds. The summed E-state index contributed by atoms with van der Waals surface area (Å²) in [4.78, 5) is 27.8. The van der Waals surface area contributed by atoms with Crippen LogP contribution >= 0.6 is 0 Å². The summed E-state index contributed by atoms with van der Waals surface area (Å²) < 4.78 is 0. The Labute approximate surface area is 149 Å². The van der Waals surface area contributed by atoms with Crippen molar-refractivity contribution in [3.63, 3.8) is 0 Å². The van der Waals surface area contributed by atoms with Crippen LogP contribution in [0.5, 0.6) is 0 Å². The molecule has 0 unspecified atom stereocenters. The van der Waals surface area contributed by atoms with Gasteiger partial charge in [0.05, 0.1) is 6.04 Å². The van der Waals surface area contributed by atoms with Gasteiger partial charge < -0.3 is 9.80 Å². The van der Waals surface area contributed by atoms with Crippen molar-refractivity contribution in [2.75, 3.05) is 31.1 Å². The monoisotopic (exact) mass is 342 g/mol. The molecule has 3 rings (SSSR count). The molecular weight excluding hydrogens is 316 g/mol. The highest BCUT2D eigenvalue weighted by Crippen LogP contribution is 2.25. The van der Waals surface area contributed by atoms with Crippen LogP contribution in [0.4, 0.5) is 5.82 Å². The van der Waals surface area contributed by atoms with E-state index in [1.807, 2.05) is 4.90 Å². The summed E-state index contributed by atoms with van der Waals surface area (Å²) in [5, 5.41) is 9.25. The van der Waals surface area contributed by atoms with Crippen molar-refractivity contribution in [2.24, 2.45) is 0 Å². The summed E-state index contributed by atoms with van der Waals surface area (Å²) in [6.45, 7) is 9.48. The van der Waals surface area contributed by atoms with E-state index in [2.05, 4.69) is 46.6 Å². The van der Waals surface area contributed by atoms with Crippen molar-refractivity contribution in [1.29, 1.82) is 5.26 Å². The Kier molecular flexibility index (Phi) is 5.19. The maximum Gasteiger partial charge on any atom is 0.240 e. The van der Waals surface area contributed by atoms with Crippen LogP contribution in [0, 0.1) is 11.3 Å². The van der Waals surface area contributed by atoms with E-state index >= 15 is 0 Å². The molecule has 2 fully saturated rings. The smallest absolute Gasteiger partial charge is 0.240 e. The minimum Gasteiger partial charge on any atom is -0.351 e. The third-order valence-corrected chi connectivity index (χ3v) is 5.23. The second-order valence-corrected chi connectivity index (χ2v) is 7.16. The van der Waals surface area contributed by atoms with E-state index in [0.717, 1.165) is 39.0 Å².